The number of aryl methyl sites for hydroxylation is 1. The van der Waals surface area contributed by atoms with Crippen molar-refractivity contribution in [2.45, 2.75) is 6.92 Å². The van der Waals surface area contributed by atoms with Gasteiger partial charge in [-0.2, -0.15) is 0 Å². The van der Waals surface area contributed by atoms with Crippen LogP contribution in [0.25, 0.3) is 28.0 Å². The molecule has 0 aliphatic carbocycles. The Balaban J connectivity index is 1.48. The summed E-state index contributed by atoms with van der Waals surface area (Å²) in [5, 5.41) is 18.7. The molecule has 5 aromatic rings. The van der Waals surface area contributed by atoms with Crippen molar-refractivity contribution >= 4 is 22.5 Å². The summed E-state index contributed by atoms with van der Waals surface area (Å²) in [6, 6.07) is 16.5. The van der Waals surface area contributed by atoms with Crippen LogP contribution in [-0.4, -0.2) is 25.1 Å². The first-order valence-electron chi connectivity index (χ1n) is 9.84. The molecule has 0 bridgehead atoms. The number of phenolic OH excluding ortho intramolecular Hbond substituents is 1. The summed E-state index contributed by atoms with van der Waals surface area (Å²) in [5.74, 6) is -1.93. The lowest BCUT2D eigenvalue weighted by molar-refractivity contribution is 0.395. The number of hydrogen-bond acceptors (Lipinski definition) is 5. The van der Waals surface area contributed by atoms with Gasteiger partial charge in [0.25, 0.3) is 0 Å². The topological polar surface area (TPSA) is 73.1 Å². The minimum atomic E-state index is -1.09. The second-order valence-corrected chi connectivity index (χ2v) is 7.75. The van der Waals surface area contributed by atoms with Crippen molar-refractivity contribution in [1.29, 1.82) is 0 Å². The molecule has 0 radical (unpaired) electrons. The van der Waals surface area contributed by atoms with Crippen LogP contribution in [0.3, 0.4) is 0 Å². The predicted molar refractivity (Wildman–Crippen MR) is 120 cm³/mol. The number of ether oxygens (including phenoxy) is 1. The van der Waals surface area contributed by atoms with Gasteiger partial charge in [0.2, 0.25) is 0 Å². The first-order chi connectivity index (χ1) is 15.9. The van der Waals surface area contributed by atoms with Crippen LogP contribution in [0.4, 0.5) is 8.78 Å². The van der Waals surface area contributed by atoms with Gasteiger partial charge in [0.15, 0.2) is 17.4 Å². The minimum absolute atomic E-state index is 0.0799. The summed E-state index contributed by atoms with van der Waals surface area (Å²) in [4.78, 5) is 4.63. The molecule has 6 nitrogen and oxygen atoms in total. The lowest BCUT2D eigenvalue weighted by Gasteiger charge is -2.10. The zero-order valence-electron chi connectivity index (χ0n) is 17.1. The number of pyridine rings is 1. The van der Waals surface area contributed by atoms with Gasteiger partial charge >= 0.3 is 0 Å². The Morgan fingerprint density at radius 2 is 1.76 bits per heavy atom. The molecule has 9 heteroatoms. The molecule has 0 saturated heterocycles. The highest BCUT2D eigenvalue weighted by Gasteiger charge is 2.14. The molecular weight excluding hydrogens is 450 g/mol. The Morgan fingerprint density at radius 1 is 0.970 bits per heavy atom. The second kappa shape index (κ2) is 8.14. The lowest BCUT2D eigenvalue weighted by Crippen LogP contribution is -1.97. The molecule has 1 N–H and O–H groups in total. The van der Waals surface area contributed by atoms with Gasteiger partial charge in [-0.25, -0.2) is 18.4 Å². The predicted octanol–water partition coefficient (Wildman–Crippen LogP) is 6.22. The second-order valence-electron chi connectivity index (χ2n) is 7.34. The van der Waals surface area contributed by atoms with Gasteiger partial charge in [-0.15, -0.1) is 5.10 Å². The number of fused-ring (bicyclic) bond motifs is 1. The van der Waals surface area contributed by atoms with Crippen LogP contribution >= 0.6 is 11.6 Å². The number of aromatic hydroxyl groups is 1. The lowest BCUT2D eigenvalue weighted by atomic mass is 10.1. The van der Waals surface area contributed by atoms with E-state index in [9.17, 15) is 13.9 Å². The van der Waals surface area contributed by atoms with E-state index in [0.29, 0.717) is 33.4 Å². The third kappa shape index (κ3) is 3.96. The Kier molecular flexibility index (Phi) is 5.14. The van der Waals surface area contributed by atoms with Gasteiger partial charge in [-0.05, 0) is 55.0 Å². The van der Waals surface area contributed by atoms with Crippen molar-refractivity contribution in [2.75, 3.05) is 0 Å². The van der Waals surface area contributed by atoms with E-state index in [2.05, 4.69) is 15.3 Å². The first kappa shape index (κ1) is 20.8. The Labute approximate surface area is 191 Å². The van der Waals surface area contributed by atoms with Gasteiger partial charge in [-0.3, -0.25) is 0 Å². The van der Waals surface area contributed by atoms with Crippen molar-refractivity contribution in [3.8, 4) is 34.3 Å². The minimum Gasteiger partial charge on any atom is -0.503 e. The fourth-order valence-corrected chi connectivity index (χ4v) is 3.48. The molecule has 3 aromatic carbocycles. The highest BCUT2D eigenvalue weighted by molar-refractivity contribution is 6.31. The number of aromatic nitrogens is 4. The average molecular weight is 465 g/mol. The van der Waals surface area contributed by atoms with E-state index in [4.69, 9.17) is 16.3 Å². The molecule has 0 amide bonds. The zero-order chi connectivity index (χ0) is 23.1. The molecule has 164 valence electrons. The molecule has 5 rings (SSSR count). The number of nitrogens with zero attached hydrogens (tertiary/aromatic N) is 4. The van der Waals surface area contributed by atoms with Crippen molar-refractivity contribution in [3.05, 3.63) is 89.1 Å². The fourth-order valence-electron chi connectivity index (χ4n) is 3.36. The molecule has 0 aliphatic heterocycles. The molecule has 2 aromatic heterocycles. The molecule has 0 spiro atoms. The number of halogens is 3. The van der Waals surface area contributed by atoms with E-state index in [1.54, 1.807) is 18.2 Å². The van der Waals surface area contributed by atoms with Crippen molar-refractivity contribution in [1.82, 2.24) is 20.0 Å². The summed E-state index contributed by atoms with van der Waals surface area (Å²) < 4.78 is 34.6. The van der Waals surface area contributed by atoms with Crippen LogP contribution in [0, 0.1) is 18.6 Å². The quantitative estimate of drug-likeness (QED) is 0.342. The molecular formula is C24H15ClF2N4O2. The standard InChI is InChI=1S/C24H15ClF2N4O2/c1-13-9-15(5-7-17(13)25)33-23-4-2-3-20-16(23)6-8-21(28-20)22-12-31(30-29-22)14-10-18(26)24(32)19(27)11-14/h2-12,32H,1H3. The van der Waals surface area contributed by atoms with E-state index < -0.39 is 17.4 Å². The molecule has 0 saturated carbocycles. The largest absolute Gasteiger partial charge is 0.503 e. The maximum Gasteiger partial charge on any atom is 0.187 e. The first-order valence-corrected chi connectivity index (χ1v) is 10.2. The molecule has 0 aliphatic rings. The SMILES string of the molecule is Cc1cc(Oc2cccc3nc(-c4cn(-c5cc(F)c(O)c(F)c5)nn4)ccc23)ccc1Cl. The van der Waals surface area contributed by atoms with E-state index >= 15 is 0 Å². The smallest absolute Gasteiger partial charge is 0.187 e. The average Bonchev–Trinajstić information content (AvgIpc) is 3.30. The highest BCUT2D eigenvalue weighted by atomic mass is 35.5. The van der Waals surface area contributed by atoms with Crippen molar-refractivity contribution in [3.63, 3.8) is 0 Å². The summed E-state index contributed by atoms with van der Waals surface area (Å²) in [7, 11) is 0. The number of phenols is 1. The monoisotopic (exact) mass is 464 g/mol. The molecule has 0 fully saturated rings. The van der Waals surface area contributed by atoms with Gasteiger partial charge in [-0.1, -0.05) is 22.9 Å². The Bertz CT molecular complexity index is 1500. The number of hydrogen-bond donors (Lipinski definition) is 1. The van der Waals surface area contributed by atoms with Crippen LogP contribution in [0.5, 0.6) is 17.2 Å². The maximum absolute atomic E-state index is 13.7. The number of benzene rings is 3. The van der Waals surface area contributed by atoms with E-state index in [-0.39, 0.29) is 5.69 Å². The normalized spacial score (nSPS) is 11.2. The Hall–Kier alpha value is -4.04. The van der Waals surface area contributed by atoms with Crippen molar-refractivity contribution < 1.29 is 18.6 Å². The summed E-state index contributed by atoms with van der Waals surface area (Å²) in [6.45, 7) is 1.90. The highest BCUT2D eigenvalue weighted by Crippen LogP contribution is 2.32. The van der Waals surface area contributed by atoms with Gasteiger partial charge in [0.05, 0.1) is 23.1 Å². The van der Waals surface area contributed by atoms with Crippen LogP contribution in [0.2, 0.25) is 5.02 Å². The maximum atomic E-state index is 13.7. The third-order valence-electron chi connectivity index (χ3n) is 5.07. The van der Waals surface area contributed by atoms with Crippen molar-refractivity contribution in [2.24, 2.45) is 0 Å². The Morgan fingerprint density at radius 3 is 2.52 bits per heavy atom. The van der Waals surface area contributed by atoms with E-state index in [1.165, 1.54) is 10.9 Å². The van der Waals surface area contributed by atoms with Crippen LogP contribution < -0.4 is 4.74 Å². The summed E-state index contributed by atoms with van der Waals surface area (Å²) >= 11 is 6.09. The third-order valence-corrected chi connectivity index (χ3v) is 5.50. The van der Waals surface area contributed by atoms with Gasteiger partial charge < -0.3 is 9.84 Å². The molecule has 33 heavy (non-hydrogen) atoms. The van der Waals surface area contributed by atoms with E-state index in [0.717, 1.165) is 23.1 Å². The van der Waals surface area contributed by atoms with Crippen LogP contribution in [-0.2, 0) is 0 Å². The van der Waals surface area contributed by atoms with E-state index in [1.807, 2.05) is 37.3 Å². The molecule has 0 atom stereocenters. The van der Waals surface area contributed by atoms with Crippen LogP contribution in [0.1, 0.15) is 5.56 Å². The summed E-state index contributed by atoms with van der Waals surface area (Å²) in [5.41, 5.74) is 2.59. The van der Waals surface area contributed by atoms with Gasteiger partial charge in [0, 0.05) is 22.5 Å². The van der Waals surface area contributed by atoms with Crippen LogP contribution in [0.15, 0.2) is 66.9 Å². The number of rotatable bonds is 4. The summed E-state index contributed by atoms with van der Waals surface area (Å²) in [6.07, 6.45) is 1.50. The molecule has 0 unspecified atom stereocenters. The molecule has 2 heterocycles. The van der Waals surface area contributed by atoms with Gasteiger partial charge in [0.1, 0.15) is 17.2 Å². The fraction of sp³-hybridized carbons (Fsp3) is 0.0417. The zero-order valence-corrected chi connectivity index (χ0v) is 17.9.